The first-order chi connectivity index (χ1) is 8.31. The average Bonchev–Trinajstić information content (AvgIpc) is 2.64. The summed E-state index contributed by atoms with van der Waals surface area (Å²) in [5.74, 6) is 0.112. The molecule has 98 valence electrons. The predicted molar refractivity (Wildman–Crippen MR) is 63.8 cm³/mol. The van der Waals surface area contributed by atoms with E-state index in [0.29, 0.717) is 19.7 Å². The van der Waals surface area contributed by atoms with Crippen LogP contribution in [-0.2, 0) is 14.3 Å². The lowest BCUT2D eigenvalue weighted by Gasteiger charge is -2.30. The van der Waals surface area contributed by atoms with Crippen molar-refractivity contribution < 1.29 is 14.3 Å². The van der Waals surface area contributed by atoms with Crippen LogP contribution in [0.4, 0.5) is 0 Å². The Morgan fingerprint density at radius 3 is 3.00 bits per heavy atom. The van der Waals surface area contributed by atoms with Gasteiger partial charge in [0.2, 0.25) is 0 Å². The molecule has 1 amide bonds. The third kappa shape index (κ3) is 3.40. The molecule has 2 fully saturated rings. The summed E-state index contributed by atoms with van der Waals surface area (Å²) >= 11 is 0. The van der Waals surface area contributed by atoms with E-state index in [0.717, 1.165) is 32.5 Å². The van der Waals surface area contributed by atoms with Gasteiger partial charge in [0.25, 0.3) is 5.91 Å². The summed E-state index contributed by atoms with van der Waals surface area (Å²) < 4.78 is 11.2. The van der Waals surface area contributed by atoms with Crippen LogP contribution in [0, 0.1) is 0 Å². The summed E-state index contributed by atoms with van der Waals surface area (Å²) in [7, 11) is 0. The second-order valence-corrected chi connectivity index (χ2v) is 4.60. The smallest absolute Gasteiger partial charge is 0.253 e. The van der Waals surface area contributed by atoms with E-state index in [9.17, 15) is 4.79 Å². The Morgan fingerprint density at radius 1 is 1.41 bits per heavy atom. The number of ether oxygens (including phenoxy) is 2. The van der Waals surface area contributed by atoms with Crippen LogP contribution in [0.2, 0.25) is 0 Å². The molecule has 2 heterocycles. The van der Waals surface area contributed by atoms with Crippen LogP contribution in [0.1, 0.15) is 19.8 Å². The van der Waals surface area contributed by atoms with Crippen molar-refractivity contribution in [2.24, 2.45) is 0 Å². The topological polar surface area (TPSA) is 50.8 Å². The summed E-state index contributed by atoms with van der Waals surface area (Å²) in [4.78, 5) is 14.2. The Kier molecular flexibility index (Phi) is 4.76. The van der Waals surface area contributed by atoms with E-state index in [1.807, 2.05) is 4.90 Å². The van der Waals surface area contributed by atoms with Crippen molar-refractivity contribution in [1.29, 1.82) is 0 Å². The van der Waals surface area contributed by atoms with Gasteiger partial charge in [0.1, 0.15) is 6.10 Å². The molecule has 17 heavy (non-hydrogen) atoms. The maximum absolute atomic E-state index is 12.3. The highest BCUT2D eigenvalue weighted by molar-refractivity contribution is 5.81. The predicted octanol–water partition coefficient (Wildman–Crippen LogP) is 0.00230. The number of nitrogens with one attached hydrogen (secondary N) is 1. The Hall–Kier alpha value is -0.650. The lowest BCUT2D eigenvalue weighted by Crippen LogP contribution is -2.50. The maximum Gasteiger partial charge on any atom is 0.253 e. The van der Waals surface area contributed by atoms with Crippen LogP contribution >= 0.6 is 0 Å². The van der Waals surface area contributed by atoms with Crippen LogP contribution in [0.3, 0.4) is 0 Å². The van der Waals surface area contributed by atoms with Crippen molar-refractivity contribution in [3.05, 3.63) is 0 Å². The molecule has 0 radical (unpaired) electrons. The summed E-state index contributed by atoms with van der Waals surface area (Å²) in [5, 5.41) is 3.19. The second-order valence-electron chi connectivity index (χ2n) is 4.60. The third-order valence-corrected chi connectivity index (χ3v) is 3.32. The second kappa shape index (κ2) is 6.33. The molecule has 5 nitrogen and oxygen atoms in total. The van der Waals surface area contributed by atoms with Gasteiger partial charge in [-0.2, -0.15) is 0 Å². The first-order valence-corrected chi connectivity index (χ1v) is 6.54. The van der Waals surface area contributed by atoms with Crippen LogP contribution in [-0.4, -0.2) is 62.4 Å². The molecule has 0 bridgehead atoms. The standard InChI is InChI=1S/C12H22N2O3/c1-2-10-9-14(5-3-6-16-10)12(15)11-8-13-4-7-17-11/h10-11,13H,2-9H2,1H3. The van der Waals surface area contributed by atoms with Crippen molar-refractivity contribution in [3.63, 3.8) is 0 Å². The summed E-state index contributed by atoms with van der Waals surface area (Å²) in [6.45, 7) is 6.43. The van der Waals surface area contributed by atoms with Crippen molar-refractivity contribution in [3.8, 4) is 0 Å². The van der Waals surface area contributed by atoms with E-state index in [2.05, 4.69) is 12.2 Å². The minimum atomic E-state index is -0.306. The molecule has 0 aliphatic carbocycles. The number of amides is 1. The maximum atomic E-state index is 12.3. The minimum absolute atomic E-state index is 0.112. The molecule has 2 aliphatic rings. The van der Waals surface area contributed by atoms with E-state index >= 15 is 0 Å². The first kappa shape index (κ1) is 12.8. The number of hydrogen-bond acceptors (Lipinski definition) is 4. The monoisotopic (exact) mass is 242 g/mol. The molecule has 0 aromatic rings. The quantitative estimate of drug-likeness (QED) is 0.740. The van der Waals surface area contributed by atoms with Crippen molar-refractivity contribution >= 4 is 5.91 Å². The van der Waals surface area contributed by atoms with E-state index in [4.69, 9.17) is 9.47 Å². The summed E-state index contributed by atoms with van der Waals surface area (Å²) in [6.07, 6.45) is 1.74. The van der Waals surface area contributed by atoms with Gasteiger partial charge in [0.05, 0.1) is 12.7 Å². The van der Waals surface area contributed by atoms with Crippen molar-refractivity contribution in [2.75, 3.05) is 39.4 Å². The molecule has 2 aliphatic heterocycles. The molecule has 1 N–H and O–H groups in total. The molecule has 2 saturated heterocycles. The summed E-state index contributed by atoms with van der Waals surface area (Å²) in [5.41, 5.74) is 0. The molecular formula is C12H22N2O3. The lowest BCUT2D eigenvalue weighted by molar-refractivity contribution is -0.146. The first-order valence-electron chi connectivity index (χ1n) is 6.54. The highest BCUT2D eigenvalue weighted by Crippen LogP contribution is 2.11. The molecule has 0 saturated carbocycles. The molecular weight excluding hydrogens is 220 g/mol. The number of morpholine rings is 1. The molecule has 2 atom stereocenters. The van der Waals surface area contributed by atoms with Gasteiger partial charge in [-0.05, 0) is 12.8 Å². The van der Waals surface area contributed by atoms with Crippen LogP contribution in [0.25, 0.3) is 0 Å². The fourth-order valence-corrected chi connectivity index (χ4v) is 2.27. The van der Waals surface area contributed by atoms with Gasteiger partial charge in [0.15, 0.2) is 0 Å². The Morgan fingerprint density at radius 2 is 2.29 bits per heavy atom. The summed E-state index contributed by atoms with van der Waals surface area (Å²) in [6, 6.07) is 0. The van der Waals surface area contributed by atoms with Gasteiger partial charge in [-0.1, -0.05) is 6.92 Å². The van der Waals surface area contributed by atoms with Gasteiger partial charge < -0.3 is 19.7 Å². The number of rotatable bonds is 2. The van der Waals surface area contributed by atoms with Crippen LogP contribution in [0.15, 0.2) is 0 Å². The largest absolute Gasteiger partial charge is 0.376 e. The molecule has 0 spiro atoms. The Labute approximate surface area is 102 Å². The number of carbonyl (C=O) groups excluding carboxylic acids is 1. The number of carbonyl (C=O) groups is 1. The normalized spacial score (nSPS) is 31.0. The van der Waals surface area contributed by atoms with Gasteiger partial charge in [0, 0.05) is 32.8 Å². The Balaban J connectivity index is 1.91. The lowest BCUT2D eigenvalue weighted by atomic mass is 10.2. The third-order valence-electron chi connectivity index (χ3n) is 3.32. The fraction of sp³-hybridized carbons (Fsp3) is 0.917. The molecule has 2 rings (SSSR count). The average molecular weight is 242 g/mol. The highest BCUT2D eigenvalue weighted by Gasteiger charge is 2.29. The Bertz CT molecular complexity index is 254. The minimum Gasteiger partial charge on any atom is -0.376 e. The molecule has 0 aromatic heterocycles. The van der Waals surface area contributed by atoms with Crippen LogP contribution in [0.5, 0.6) is 0 Å². The van der Waals surface area contributed by atoms with Crippen LogP contribution < -0.4 is 5.32 Å². The van der Waals surface area contributed by atoms with E-state index in [1.165, 1.54) is 0 Å². The van der Waals surface area contributed by atoms with Gasteiger partial charge in [-0.3, -0.25) is 4.79 Å². The zero-order valence-corrected chi connectivity index (χ0v) is 10.5. The van der Waals surface area contributed by atoms with Gasteiger partial charge in [-0.15, -0.1) is 0 Å². The van der Waals surface area contributed by atoms with Gasteiger partial charge >= 0.3 is 0 Å². The van der Waals surface area contributed by atoms with E-state index in [1.54, 1.807) is 0 Å². The molecule has 5 heteroatoms. The van der Waals surface area contributed by atoms with Crippen molar-refractivity contribution in [2.45, 2.75) is 32.0 Å². The highest BCUT2D eigenvalue weighted by atomic mass is 16.5. The number of hydrogen-bond donors (Lipinski definition) is 1. The zero-order valence-electron chi connectivity index (χ0n) is 10.5. The van der Waals surface area contributed by atoms with E-state index in [-0.39, 0.29) is 18.1 Å². The number of nitrogens with zero attached hydrogens (tertiary/aromatic N) is 1. The van der Waals surface area contributed by atoms with E-state index < -0.39 is 0 Å². The SMILES string of the molecule is CCC1CN(C(=O)C2CNCCO2)CCCO1. The fourth-order valence-electron chi connectivity index (χ4n) is 2.27. The molecule has 2 unspecified atom stereocenters. The zero-order chi connectivity index (χ0) is 12.1. The van der Waals surface area contributed by atoms with Crippen molar-refractivity contribution in [1.82, 2.24) is 10.2 Å². The molecule has 0 aromatic carbocycles. The van der Waals surface area contributed by atoms with Gasteiger partial charge in [-0.25, -0.2) is 0 Å².